The number of ether oxygens (including phenoxy) is 1. The van der Waals surface area contributed by atoms with Crippen molar-refractivity contribution in [1.82, 2.24) is 0 Å². The first-order valence-electron chi connectivity index (χ1n) is 5.47. The predicted molar refractivity (Wildman–Crippen MR) is 67.9 cm³/mol. The molecule has 0 aromatic heterocycles. The molecule has 0 saturated carbocycles. The summed E-state index contributed by atoms with van der Waals surface area (Å²) in [5.41, 5.74) is 1.16. The first kappa shape index (κ1) is 14.4. The van der Waals surface area contributed by atoms with Crippen molar-refractivity contribution in [3.05, 3.63) is 48.8 Å². The van der Waals surface area contributed by atoms with Gasteiger partial charge in [-0.1, -0.05) is 44.7 Å². The topological polar surface area (TPSA) is 26.3 Å². The van der Waals surface area contributed by atoms with Gasteiger partial charge in [-0.25, -0.2) is 0 Å². The number of carbonyl (C=O) groups is 1. The molecule has 0 N–H and O–H groups in total. The van der Waals surface area contributed by atoms with Gasteiger partial charge in [-0.2, -0.15) is 0 Å². The Bertz CT molecular complexity index is 309. The highest BCUT2D eigenvalue weighted by atomic mass is 16.5. The lowest BCUT2D eigenvalue weighted by Crippen LogP contribution is -1.95. The predicted octanol–water partition coefficient (Wildman–Crippen LogP) is 3.92. The third kappa shape index (κ3) is 7.80. The molecule has 0 unspecified atom stereocenters. The summed E-state index contributed by atoms with van der Waals surface area (Å²) in [5.74, 6) is 0.0106. The van der Waals surface area contributed by atoms with Crippen molar-refractivity contribution in [3.63, 3.8) is 0 Å². The highest BCUT2D eigenvalue weighted by molar-refractivity contribution is 5.67. The molecule has 88 valence electrons. The molecule has 0 heterocycles. The minimum atomic E-state index is -0.350. The maximum absolute atomic E-state index is 10.6. The van der Waals surface area contributed by atoms with Crippen LogP contribution in [0.2, 0.25) is 0 Å². The van der Waals surface area contributed by atoms with Crippen molar-refractivity contribution in [2.75, 3.05) is 0 Å². The van der Waals surface area contributed by atoms with E-state index >= 15 is 0 Å². The van der Waals surface area contributed by atoms with Crippen LogP contribution in [0.5, 0.6) is 0 Å². The van der Waals surface area contributed by atoms with Crippen LogP contribution in [0, 0.1) is 0 Å². The Hall–Kier alpha value is -1.57. The fraction of sp³-hybridized carbons (Fsp3) is 0.357. The number of rotatable bonds is 7. The lowest BCUT2D eigenvalue weighted by molar-refractivity contribution is -0.136. The van der Waals surface area contributed by atoms with Crippen LogP contribution in [0.25, 0.3) is 0 Å². The smallest absolute Gasteiger partial charge is 0.308 e. The first-order chi connectivity index (χ1) is 7.60. The van der Waals surface area contributed by atoms with Gasteiger partial charge in [0.1, 0.15) is 5.76 Å². The van der Waals surface area contributed by atoms with Gasteiger partial charge in [-0.05, 0) is 24.5 Å². The number of allylic oxidation sites excluding steroid dienone is 5. The van der Waals surface area contributed by atoms with Crippen molar-refractivity contribution in [3.8, 4) is 0 Å². The molecule has 0 aromatic rings. The van der Waals surface area contributed by atoms with Crippen molar-refractivity contribution in [1.29, 1.82) is 0 Å². The Kier molecular flexibility index (Phi) is 7.86. The fourth-order valence-electron chi connectivity index (χ4n) is 1.17. The van der Waals surface area contributed by atoms with Gasteiger partial charge < -0.3 is 4.74 Å². The Morgan fingerprint density at radius 2 is 2.06 bits per heavy atom. The second-order valence-corrected chi connectivity index (χ2v) is 3.47. The lowest BCUT2D eigenvalue weighted by atomic mass is 10.1. The summed E-state index contributed by atoms with van der Waals surface area (Å²) in [6.45, 7) is 10.8. The minimum absolute atomic E-state index is 0.350. The monoisotopic (exact) mass is 220 g/mol. The van der Waals surface area contributed by atoms with Crippen LogP contribution in [0.4, 0.5) is 0 Å². The van der Waals surface area contributed by atoms with Gasteiger partial charge in [0.05, 0.1) is 0 Å². The van der Waals surface area contributed by atoms with Gasteiger partial charge in [0.15, 0.2) is 0 Å². The minimum Gasteiger partial charge on any atom is -0.427 e. The summed E-state index contributed by atoms with van der Waals surface area (Å²) < 4.78 is 4.81. The third-order valence-corrected chi connectivity index (χ3v) is 1.91. The van der Waals surface area contributed by atoms with Crippen LogP contribution in [-0.4, -0.2) is 5.97 Å². The molecule has 0 atom stereocenters. The molecule has 2 heteroatoms. The van der Waals surface area contributed by atoms with Crippen LogP contribution >= 0.6 is 0 Å². The summed E-state index contributed by atoms with van der Waals surface area (Å²) in [5, 5.41) is 0. The highest BCUT2D eigenvalue weighted by Crippen LogP contribution is 2.10. The zero-order chi connectivity index (χ0) is 12.4. The second kappa shape index (κ2) is 8.72. The van der Waals surface area contributed by atoms with Gasteiger partial charge in [0.2, 0.25) is 0 Å². The normalized spacial score (nSPS) is 11.5. The molecule has 0 aliphatic rings. The summed E-state index contributed by atoms with van der Waals surface area (Å²) in [7, 11) is 0. The van der Waals surface area contributed by atoms with Crippen LogP contribution < -0.4 is 0 Å². The third-order valence-electron chi connectivity index (χ3n) is 1.91. The fourth-order valence-corrected chi connectivity index (χ4v) is 1.17. The quantitative estimate of drug-likeness (QED) is 0.369. The molecule has 16 heavy (non-hydrogen) atoms. The number of unbranched alkanes of at least 4 members (excludes halogenated alkanes) is 1. The van der Waals surface area contributed by atoms with E-state index in [1.807, 2.05) is 12.2 Å². The summed E-state index contributed by atoms with van der Waals surface area (Å²) in [6.07, 6.45) is 10.6. The van der Waals surface area contributed by atoms with Crippen LogP contribution in [0.15, 0.2) is 48.8 Å². The molecule has 0 bridgehead atoms. The summed E-state index contributed by atoms with van der Waals surface area (Å²) in [6, 6.07) is 0. The Morgan fingerprint density at radius 1 is 1.38 bits per heavy atom. The maximum atomic E-state index is 10.6. The Morgan fingerprint density at radius 3 is 2.56 bits per heavy atom. The maximum Gasteiger partial charge on any atom is 0.308 e. The van der Waals surface area contributed by atoms with Crippen LogP contribution in [0.3, 0.4) is 0 Å². The van der Waals surface area contributed by atoms with E-state index in [2.05, 4.69) is 20.1 Å². The van der Waals surface area contributed by atoms with E-state index in [1.54, 1.807) is 12.2 Å². The van der Waals surface area contributed by atoms with Crippen LogP contribution in [0.1, 0.15) is 33.1 Å². The van der Waals surface area contributed by atoms with E-state index in [-0.39, 0.29) is 5.97 Å². The zero-order valence-electron chi connectivity index (χ0n) is 10.2. The van der Waals surface area contributed by atoms with Gasteiger partial charge >= 0.3 is 5.97 Å². The molecule has 0 spiro atoms. The largest absolute Gasteiger partial charge is 0.427 e. The SMILES string of the molecule is C=C/C=C(\C=C/C(=C)OC(C)=O)CCCC. The molecular formula is C14H20O2. The van der Waals surface area contributed by atoms with E-state index in [0.29, 0.717) is 5.76 Å². The van der Waals surface area contributed by atoms with E-state index in [0.717, 1.165) is 24.8 Å². The number of hydrogen-bond donors (Lipinski definition) is 0. The number of carbonyl (C=O) groups excluding carboxylic acids is 1. The molecule has 0 fully saturated rings. The summed E-state index contributed by atoms with van der Waals surface area (Å²) >= 11 is 0. The van der Waals surface area contributed by atoms with Gasteiger partial charge in [-0.3, -0.25) is 4.79 Å². The summed E-state index contributed by atoms with van der Waals surface area (Å²) in [4.78, 5) is 10.6. The van der Waals surface area contributed by atoms with Crippen molar-refractivity contribution >= 4 is 5.97 Å². The molecule has 0 amide bonds. The Balaban J connectivity index is 4.32. The molecule has 2 nitrogen and oxygen atoms in total. The van der Waals surface area contributed by atoms with Crippen molar-refractivity contribution in [2.45, 2.75) is 33.1 Å². The van der Waals surface area contributed by atoms with Gasteiger partial charge in [0.25, 0.3) is 0 Å². The molecule has 0 saturated heterocycles. The van der Waals surface area contributed by atoms with Crippen molar-refractivity contribution < 1.29 is 9.53 Å². The first-order valence-corrected chi connectivity index (χ1v) is 5.47. The molecule has 0 aromatic carbocycles. The standard InChI is InChI=1S/C14H20O2/c1-5-7-9-14(8-6-2)11-10-12(3)16-13(4)15/h6,8,10-11H,2-3,5,7,9H2,1,4H3/b11-10-,14-8-. The highest BCUT2D eigenvalue weighted by Gasteiger charge is 1.95. The molecule has 0 radical (unpaired) electrons. The molecular weight excluding hydrogens is 200 g/mol. The average molecular weight is 220 g/mol. The lowest BCUT2D eigenvalue weighted by Gasteiger charge is -2.01. The number of esters is 1. The second-order valence-electron chi connectivity index (χ2n) is 3.47. The van der Waals surface area contributed by atoms with Gasteiger partial charge in [-0.15, -0.1) is 0 Å². The zero-order valence-corrected chi connectivity index (χ0v) is 10.2. The Labute approximate surface area is 98.0 Å². The van der Waals surface area contributed by atoms with E-state index in [9.17, 15) is 4.79 Å². The average Bonchev–Trinajstić information content (AvgIpc) is 2.21. The van der Waals surface area contributed by atoms with Gasteiger partial charge in [0, 0.05) is 6.92 Å². The molecule has 0 aliphatic carbocycles. The van der Waals surface area contributed by atoms with E-state index < -0.39 is 0 Å². The van der Waals surface area contributed by atoms with E-state index in [4.69, 9.17) is 4.74 Å². The van der Waals surface area contributed by atoms with Crippen LogP contribution in [-0.2, 0) is 9.53 Å². The van der Waals surface area contributed by atoms with Crippen molar-refractivity contribution in [2.24, 2.45) is 0 Å². The molecule has 0 rings (SSSR count). The molecule has 0 aliphatic heterocycles. The van der Waals surface area contributed by atoms with E-state index in [1.165, 1.54) is 6.92 Å². The number of hydrogen-bond acceptors (Lipinski definition) is 2.